The van der Waals surface area contributed by atoms with Gasteiger partial charge in [-0.05, 0) is 44.6 Å². The van der Waals surface area contributed by atoms with Gasteiger partial charge >= 0.3 is 5.97 Å². The molecule has 0 saturated carbocycles. The van der Waals surface area contributed by atoms with E-state index >= 15 is 0 Å². The molecule has 0 aromatic heterocycles. The molecule has 2 heterocycles. The van der Waals surface area contributed by atoms with Crippen molar-refractivity contribution in [3.63, 3.8) is 0 Å². The van der Waals surface area contributed by atoms with E-state index in [1.807, 2.05) is 6.92 Å². The second-order valence-electron chi connectivity index (χ2n) is 8.81. The Labute approximate surface area is 199 Å². The van der Waals surface area contributed by atoms with E-state index in [2.05, 4.69) is 105 Å². The molecule has 0 spiro atoms. The highest BCUT2D eigenvalue weighted by Crippen LogP contribution is 2.72. The number of benzene rings is 3. The highest BCUT2D eigenvalue weighted by atomic mass is 31.1. The van der Waals surface area contributed by atoms with Crippen molar-refractivity contribution in [1.29, 1.82) is 0 Å². The molecule has 168 valence electrons. The molecule has 0 radical (unpaired) electrons. The van der Waals surface area contributed by atoms with Crippen molar-refractivity contribution < 1.29 is 9.53 Å². The van der Waals surface area contributed by atoms with Gasteiger partial charge in [-0.15, -0.1) is 0 Å². The minimum absolute atomic E-state index is 0.00959. The topological polar surface area (TPSA) is 26.3 Å². The summed E-state index contributed by atoms with van der Waals surface area (Å²) in [5.41, 5.74) is 3.81. The monoisotopic (exact) mass is 472 g/mol. The van der Waals surface area contributed by atoms with Crippen LogP contribution < -0.4 is 15.9 Å². The Balaban J connectivity index is 1.71. The smallest absolute Gasteiger partial charge is 0.310 e. The Bertz CT molecular complexity index is 1100. The number of carbonyl (C=O) groups excluding carboxylic acids is 1. The molecule has 0 aliphatic carbocycles. The van der Waals surface area contributed by atoms with Gasteiger partial charge in [0.1, 0.15) is 0 Å². The van der Waals surface area contributed by atoms with Gasteiger partial charge in [-0.2, -0.15) is 0 Å². The van der Waals surface area contributed by atoms with Crippen LogP contribution in [-0.2, 0) is 9.53 Å². The molecular weight excluding hydrogens is 442 g/mol. The second kappa shape index (κ2) is 9.54. The average Bonchev–Trinajstić information content (AvgIpc) is 3.32. The predicted molar refractivity (Wildman–Crippen MR) is 142 cm³/mol. The van der Waals surface area contributed by atoms with Gasteiger partial charge in [-0.1, -0.05) is 110 Å². The van der Waals surface area contributed by atoms with Crippen molar-refractivity contribution >= 4 is 37.7 Å². The average molecular weight is 473 g/mol. The lowest BCUT2D eigenvalue weighted by Crippen LogP contribution is -2.41. The largest absolute Gasteiger partial charge is 0.466 e. The standard InChI is InChI=1S/C29H30O2P2/c1-4-31-29(30)25-26-20(2)21(3)27(33(26)24-18-12-7-13-19-24)28(25)32(22-14-8-5-9-15-22)23-16-10-6-11-17-23/h5-19,25-28H,4H2,1-3H3/t25?,26-,27+,28-,33+/m0/s1. The normalized spacial score (nSPS) is 26.1. The molecule has 5 rings (SSSR count). The summed E-state index contributed by atoms with van der Waals surface area (Å²) in [5.74, 6) is -0.110. The van der Waals surface area contributed by atoms with Crippen LogP contribution in [0, 0.1) is 5.92 Å². The van der Waals surface area contributed by atoms with E-state index in [9.17, 15) is 4.79 Å². The minimum atomic E-state index is -0.731. The third-order valence-electron chi connectivity index (χ3n) is 7.12. The van der Waals surface area contributed by atoms with Crippen molar-refractivity contribution in [2.45, 2.75) is 37.7 Å². The van der Waals surface area contributed by atoms with Gasteiger partial charge in [0.15, 0.2) is 0 Å². The lowest BCUT2D eigenvalue weighted by molar-refractivity contribution is -0.147. The molecule has 0 amide bonds. The maximum Gasteiger partial charge on any atom is 0.310 e. The van der Waals surface area contributed by atoms with Gasteiger partial charge in [0.2, 0.25) is 0 Å². The van der Waals surface area contributed by atoms with Crippen LogP contribution in [0.25, 0.3) is 0 Å². The first kappa shape index (κ1) is 22.5. The minimum Gasteiger partial charge on any atom is -0.466 e. The zero-order chi connectivity index (χ0) is 22.9. The third-order valence-corrected chi connectivity index (χ3v) is 13.8. The molecule has 2 bridgehead atoms. The van der Waals surface area contributed by atoms with Crippen molar-refractivity contribution in [2.75, 3.05) is 6.61 Å². The molecule has 3 aromatic rings. The molecule has 1 saturated heterocycles. The number of fused-ring (bicyclic) bond motifs is 2. The first-order chi connectivity index (χ1) is 16.1. The first-order valence-electron chi connectivity index (χ1n) is 11.7. The molecule has 33 heavy (non-hydrogen) atoms. The number of hydrogen-bond acceptors (Lipinski definition) is 2. The van der Waals surface area contributed by atoms with E-state index in [1.165, 1.54) is 27.1 Å². The molecule has 0 N–H and O–H groups in total. The van der Waals surface area contributed by atoms with E-state index in [1.54, 1.807) is 0 Å². The van der Waals surface area contributed by atoms with Crippen LogP contribution in [0.5, 0.6) is 0 Å². The van der Waals surface area contributed by atoms with Gasteiger partial charge in [-0.3, -0.25) is 4.79 Å². The van der Waals surface area contributed by atoms with Crippen LogP contribution >= 0.6 is 15.8 Å². The van der Waals surface area contributed by atoms with Crippen LogP contribution in [0.1, 0.15) is 20.8 Å². The number of allylic oxidation sites excluding steroid dienone is 2. The summed E-state index contributed by atoms with van der Waals surface area (Å²) < 4.78 is 5.76. The van der Waals surface area contributed by atoms with Crippen LogP contribution in [0.4, 0.5) is 0 Å². The van der Waals surface area contributed by atoms with Gasteiger partial charge in [-0.25, -0.2) is 0 Å². The number of ether oxygens (including phenoxy) is 1. The molecule has 2 aliphatic rings. The molecule has 4 heteroatoms. The molecule has 1 fully saturated rings. The van der Waals surface area contributed by atoms with Crippen molar-refractivity contribution in [1.82, 2.24) is 0 Å². The summed E-state index contributed by atoms with van der Waals surface area (Å²) in [7, 11) is -1.25. The summed E-state index contributed by atoms with van der Waals surface area (Å²) in [6, 6.07) is 32.6. The fourth-order valence-corrected chi connectivity index (χ4v) is 13.7. The number of esters is 1. The Hall–Kier alpha value is -2.27. The Morgan fingerprint density at radius 1 is 0.788 bits per heavy atom. The zero-order valence-corrected chi connectivity index (χ0v) is 21.2. The first-order valence-corrected chi connectivity index (χ1v) is 14.6. The van der Waals surface area contributed by atoms with Crippen LogP contribution in [0.15, 0.2) is 102 Å². The van der Waals surface area contributed by atoms with Crippen molar-refractivity contribution in [3.05, 3.63) is 102 Å². The highest BCUT2D eigenvalue weighted by molar-refractivity contribution is 7.76. The predicted octanol–water partition coefficient (Wildman–Crippen LogP) is 5.58. The second-order valence-corrected chi connectivity index (χ2v) is 13.6. The quantitative estimate of drug-likeness (QED) is 0.266. The lowest BCUT2D eigenvalue weighted by Gasteiger charge is -2.37. The van der Waals surface area contributed by atoms with Gasteiger partial charge in [0.25, 0.3) is 0 Å². The molecule has 5 atom stereocenters. The summed E-state index contributed by atoms with van der Waals surface area (Å²) in [4.78, 5) is 13.6. The fraction of sp³-hybridized carbons (Fsp3) is 0.276. The maximum absolute atomic E-state index is 13.6. The molecule has 3 aromatic carbocycles. The van der Waals surface area contributed by atoms with E-state index < -0.39 is 15.8 Å². The Kier molecular flexibility index (Phi) is 6.51. The Morgan fingerprint density at radius 2 is 1.27 bits per heavy atom. The third kappa shape index (κ3) is 3.88. The summed E-state index contributed by atoms with van der Waals surface area (Å²) in [6.45, 7) is 6.93. The fourth-order valence-electron chi connectivity index (χ4n) is 5.70. The van der Waals surface area contributed by atoms with Crippen molar-refractivity contribution in [3.8, 4) is 0 Å². The molecule has 2 aliphatic heterocycles. The van der Waals surface area contributed by atoms with Crippen LogP contribution in [0.2, 0.25) is 0 Å². The number of carbonyl (C=O) groups is 1. The highest BCUT2D eigenvalue weighted by Gasteiger charge is 2.61. The van der Waals surface area contributed by atoms with Crippen LogP contribution in [-0.4, -0.2) is 29.6 Å². The van der Waals surface area contributed by atoms with Gasteiger partial charge < -0.3 is 4.74 Å². The van der Waals surface area contributed by atoms with Crippen LogP contribution in [0.3, 0.4) is 0 Å². The van der Waals surface area contributed by atoms with E-state index in [0.717, 1.165) is 0 Å². The number of rotatable bonds is 6. The Morgan fingerprint density at radius 3 is 1.79 bits per heavy atom. The summed E-state index contributed by atoms with van der Waals surface area (Å²) in [5, 5.41) is 4.10. The maximum atomic E-state index is 13.6. The lowest BCUT2D eigenvalue weighted by atomic mass is 9.84. The molecular formula is C29H30O2P2. The summed E-state index contributed by atoms with van der Waals surface area (Å²) in [6.07, 6.45) is 0. The van der Waals surface area contributed by atoms with Gasteiger partial charge in [0, 0.05) is 17.0 Å². The van der Waals surface area contributed by atoms with E-state index in [4.69, 9.17) is 4.74 Å². The van der Waals surface area contributed by atoms with Gasteiger partial charge in [0.05, 0.1) is 12.5 Å². The SMILES string of the molecule is CCOC(=O)C1[C@H](P(c2ccccc2)c2ccccc2)[C@H]2C(C)=C(C)[C@@H]1[P@@]2c1ccccc1. The van der Waals surface area contributed by atoms with E-state index in [0.29, 0.717) is 12.3 Å². The summed E-state index contributed by atoms with van der Waals surface area (Å²) >= 11 is 0. The molecule has 2 nitrogen and oxygen atoms in total. The molecule has 1 unspecified atom stereocenters. The number of hydrogen-bond donors (Lipinski definition) is 0. The zero-order valence-electron chi connectivity index (χ0n) is 19.4. The van der Waals surface area contributed by atoms with E-state index in [-0.39, 0.29) is 23.2 Å². The van der Waals surface area contributed by atoms with Crippen molar-refractivity contribution in [2.24, 2.45) is 5.92 Å².